The lowest BCUT2D eigenvalue weighted by molar-refractivity contribution is 0.266. The molecule has 1 heteroatoms. The highest BCUT2D eigenvalue weighted by molar-refractivity contribution is 4.84. The van der Waals surface area contributed by atoms with E-state index in [1.807, 2.05) is 13.8 Å². The van der Waals surface area contributed by atoms with E-state index >= 15 is 0 Å². The molecule has 2 atom stereocenters. The molecular weight excluding hydrogens is 122 g/mol. The third kappa shape index (κ3) is 3.21. The van der Waals surface area contributed by atoms with Gasteiger partial charge < -0.3 is 5.32 Å². The van der Waals surface area contributed by atoms with Gasteiger partial charge in [-0.3, -0.25) is 0 Å². The molecule has 1 aliphatic rings. The zero-order chi connectivity index (χ0) is 7.98. The highest BCUT2D eigenvalue weighted by Crippen LogP contribution is 2.14. The molecule has 1 N–H and O–H groups in total. The van der Waals surface area contributed by atoms with Gasteiger partial charge in [-0.05, 0) is 19.8 Å². The van der Waals surface area contributed by atoms with Crippen molar-refractivity contribution in [2.45, 2.75) is 59.0 Å². The Morgan fingerprint density at radius 1 is 1.40 bits per heavy atom. The maximum Gasteiger partial charge on any atom is 0.00841 e. The van der Waals surface area contributed by atoms with Crippen LogP contribution in [0.1, 0.15) is 47.0 Å². The average Bonchev–Trinajstić information content (AvgIpc) is 1.90. The minimum Gasteiger partial charge on any atom is -0.311 e. The summed E-state index contributed by atoms with van der Waals surface area (Å²) in [5, 5.41) is 3.44. The fraction of sp³-hybridized carbons (Fsp3) is 1.00. The zero-order valence-electron chi connectivity index (χ0n) is 7.78. The average molecular weight is 143 g/mol. The van der Waals surface area contributed by atoms with Crippen molar-refractivity contribution in [3.8, 4) is 0 Å². The van der Waals surface area contributed by atoms with E-state index in [1.54, 1.807) is 0 Å². The van der Waals surface area contributed by atoms with Gasteiger partial charge in [-0.2, -0.15) is 0 Å². The van der Waals surface area contributed by atoms with Gasteiger partial charge in [-0.25, -0.2) is 0 Å². The van der Waals surface area contributed by atoms with E-state index in [4.69, 9.17) is 0 Å². The van der Waals surface area contributed by atoms with Crippen LogP contribution in [0.4, 0.5) is 0 Å². The summed E-state index contributed by atoms with van der Waals surface area (Å²) >= 11 is 0. The molecule has 1 aliphatic heterocycles. The Hall–Kier alpha value is -0.0400. The van der Waals surface area contributed by atoms with Gasteiger partial charge >= 0.3 is 0 Å². The smallest absolute Gasteiger partial charge is 0.00841 e. The van der Waals surface area contributed by atoms with Crippen LogP contribution in [0, 0.1) is 0 Å². The van der Waals surface area contributed by atoms with Gasteiger partial charge in [0.1, 0.15) is 0 Å². The molecule has 1 nitrogen and oxygen atoms in total. The van der Waals surface area contributed by atoms with E-state index in [-0.39, 0.29) is 0 Å². The van der Waals surface area contributed by atoms with Crippen LogP contribution >= 0.6 is 0 Å². The molecule has 0 spiro atoms. The second-order valence-electron chi connectivity index (χ2n) is 2.79. The van der Waals surface area contributed by atoms with Gasteiger partial charge in [0.05, 0.1) is 0 Å². The summed E-state index contributed by atoms with van der Waals surface area (Å²) in [6, 6.07) is 1.65. The molecule has 1 fully saturated rings. The van der Waals surface area contributed by atoms with E-state index in [0.717, 1.165) is 12.1 Å². The van der Waals surface area contributed by atoms with Crippen molar-refractivity contribution in [1.82, 2.24) is 5.32 Å². The summed E-state index contributed by atoms with van der Waals surface area (Å²) in [5.41, 5.74) is 0. The van der Waals surface area contributed by atoms with Crippen molar-refractivity contribution in [3.05, 3.63) is 0 Å². The van der Waals surface area contributed by atoms with Crippen molar-refractivity contribution >= 4 is 0 Å². The lowest BCUT2D eigenvalue weighted by Crippen LogP contribution is -2.50. The number of nitrogens with one attached hydrogen (secondary N) is 1. The van der Waals surface area contributed by atoms with Crippen molar-refractivity contribution in [2.24, 2.45) is 0 Å². The molecule has 1 heterocycles. The SMILES string of the molecule is CC.CCCC1CC(C)N1. The van der Waals surface area contributed by atoms with Crippen molar-refractivity contribution in [1.29, 1.82) is 0 Å². The minimum absolute atomic E-state index is 0.798. The predicted molar refractivity (Wildman–Crippen MR) is 47.3 cm³/mol. The molecule has 0 aliphatic carbocycles. The van der Waals surface area contributed by atoms with E-state index in [2.05, 4.69) is 19.2 Å². The zero-order valence-corrected chi connectivity index (χ0v) is 7.78. The highest BCUT2D eigenvalue weighted by atomic mass is 15.0. The lowest BCUT2D eigenvalue weighted by Gasteiger charge is -2.34. The molecule has 0 aromatic rings. The minimum atomic E-state index is 0.798. The molecule has 0 aromatic heterocycles. The van der Waals surface area contributed by atoms with Gasteiger partial charge in [-0.1, -0.05) is 27.2 Å². The first-order chi connectivity index (χ1) is 4.83. The van der Waals surface area contributed by atoms with Crippen LogP contribution in [0.15, 0.2) is 0 Å². The molecular formula is C9H21N. The molecule has 2 unspecified atom stereocenters. The quantitative estimate of drug-likeness (QED) is 0.626. The van der Waals surface area contributed by atoms with Crippen LogP contribution < -0.4 is 5.32 Å². The topological polar surface area (TPSA) is 12.0 Å². The number of hydrogen-bond acceptors (Lipinski definition) is 1. The Bertz CT molecular complexity index is 62.4. The van der Waals surface area contributed by atoms with Crippen LogP contribution in [0.25, 0.3) is 0 Å². The third-order valence-electron chi connectivity index (χ3n) is 1.80. The maximum atomic E-state index is 3.44. The lowest BCUT2D eigenvalue weighted by atomic mass is 9.95. The van der Waals surface area contributed by atoms with Gasteiger partial charge in [-0.15, -0.1) is 0 Å². The molecule has 0 aromatic carbocycles. The maximum absolute atomic E-state index is 3.44. The number of hydrogen-bond donors (Lipinski definition) is 1. The van der Waals surface area contributed by atoms with E-state index in [1.165, 1.54) is 19.3 Å². The normalized spacial score (nSPS) is 30.0. The van der Waals surface area contributed by atoms with Crippen LogP contribution in [0.2, 0.25) is 0 Å². The number of rotatable bonds is 2. The molecule has 0 saturated carbocycles. The Labute approximate surface area is 65.2 Å². The summed E-state index contributed by atoms with van der Waals surface area (Å²) in [5.74, 6) is 0. The molecule has 0 bridgehead atoms. The molecule has 1 saturated heterocycles. The monoisotopic (exact) mass is 143 g/mol. The molecule has 0 radical (unpaired) electrons. The predicted octanol–water partition coefficient (Wildman–Crippen LogP) is 2.56. The van der Waals surface area contributed by atoms with Gasteiger partial charge in [0.25, 0.3) is 0 Å². The first kappa shape index (κ1) is 9.96. The Kier molecular flexibility index (Phi) is 5.70. The van der Waals surface area contributed by atoms with Crippen LogP contribution in [0.5, 0.6) is 0 Å². The highest BCUT2D eigenvalue weighted by Gasteiger charge is 2.22. The second-order valence-corrected chi connectivity index (χ2v) is 2.79. The molecule has 62 valence electrons. The fourth-order valence-corrected chi connectivity index (χ4v) is 1.35. The van der Waals surface area contributed by atoms with Crippen molar-refractivity contribution < 1.29 is 0 Å². The second kappa shape index (κ2) is 5.72. The van der Waals surface area contributed by atoms with Crippen molar-refractivity contribution in [3.63, 3.8) is 0 Å². The van der Waals surface area contributed by atoms with Crippen molar-refractivity contribution in [2.75, 3.05) is 0 Å². The Morgan fingerprint density at radius 2 is 1.90 bits per heavy atom. The van der Waals surface area contributed by atoms with E-state index in [9.17, 15) is 0 Å². The summed E-state index contributed by atoms with van der Waals surface area (Å²) in [6.07, 6.45) is 4.09. The Balaban J connectivity index is 0.000000371. The summed E-state index contributed by atoms with van der Waals surface area (Å²) in [4.78, 5) is 0. The van der Waals surface area contributed by atoms with Gasteiger partial charge in [0.2, 0.25) is 0 Å². The third-order valence-corrected chi connectivity index (χ3v) is 1.80. The van der Waals surface area contributed by atoms with Crippen LogP contribution in [-0.4, -0.2) is 12.1 Å². The van der Waals surface area contributed by atoms with Gasteiger partial charge in [0, 0.05) is 12.1 Å². The standard InChI is InChI=1S/C7H15N.C2H6/c1-3-4-7-5-6(2)8-7;1-2/h6-8H,3-5H2,1-2H3;1-2H3. The first-order valence-corrected chi connectivity index (χ1v) is 4.59. The fourth-order valence-electron chi connectivity index (χ4n) is 1.35. The molecule has 1 rings (SSSR count). The van der Waals surface area contributed by atoms with E-state index in [0.29, 0.717) is 0 Å². The summed E-state index contributed by atoms with van der Waals surface area (Å²) in [7, 11) is 0. The molecule has 0 amide bonds. The molecule has 10 heavy (non-hydrogen) atoms. The van der Waals surface area contributed by atoms with Crippen LogP contribution in [0.3, 0.4) is 0 Å². The Morgan fingerprint density at radius 3 is 2.20 bits per heavy atom. The first-order valence-electron chi connectivity index (χ1n) is 4.59. The largest absolute Gasteiger partial charge is 0.311 e. The summed E-state index contributed by atoms with van der Waals surface area (Å²) in [6.45, 7) is 8.48. The van der Waals surface area contributed by atoms with Crippen LogP contribution in [-0.2, 0) is 0 Å². The summed E-state index contributed by atoms with van der Waals surface area (Å²) < 4.78 is 0. The van der Waals surface area contributed by atoms with E-state index < -0.39 is 0 Å². The van der Waals surface area contributed by atoms with Gasteiger partial charge in [0.15, 0.2) is 0 Å².